The zero-order chi connectivity index (χ0) is 20.1. The SMILES string of the molecule is CC(=O)N1CCCN(C(=O)Cc2cccc(Cl)c2)CCNC(=O)C2CCCC21. The molecule has 2 unspecified atom stereocenters. The zero-order valence-electron chi connectivity index (χ0n) is 16.3. The number of rotatable bonds is 2. The topological polar surface area (TPSA) is 69.7 Å². The minimum absolute atomic E-state index is 0.000695. The summed E-state index contributed by atoms with van der Waals surface area (Å²) in [6.45, 7) is 3.61. The normalized spacial score (nSPS) is 23.6. The maximum absolute atomic E-state index is 12.8. The molecular formula is C21H28ClN3O3. The van der Waals surface area contributed by atoms with Crippen molar-refractivity contribution >= 4 is 29.3 Å². The Morgan fingerprint density at radius 2 is 2.00 bits per heavy atom. The molecule has 1 aliphatic heterocycles. The first-order valence-electron chi connectivity index (χ1n) is 10.0. The average molecular weight is 406 g/mol. The molecule has 2 fully saturated rings. The Morgan fingerprint density at radius 3 is 2.75 bits per heavy atom. The molecule has 152 valence electrons. The highest BCUT2D eigenvalue weighted by atomic mass is 35.5. The summed E-state index contributed by atoms with van der Waals surface area (Å²) < 4.78 is 0. The Kier molecular flexibility index (Phi) is 6.94. The van der Waals surface area contributed by atoms with E-state index in [0.717, 1.165) is 24.8 Å². The van der Waals surface area contributed by atoms with Crippen molar-refractivity contribution < 1.29 is 14.4 Å². The van der Waals surface area contributed by atoms with Crippen LogP contribution in [0, 0.1) is 5.92 Å². The molecule has 1 aromatic carbocycles. The quantitative estimate of drug-likeness (QED) is 0.820. The molecule has 0 aromatic heterocycles. The number of amides is 3. The molecule has 1 saturated heterocycles. The fourth-order valence-corrected chi connectivity index (χ4v) is 4.56. The summed E-state index contributed by atoms with van der Waals surface area (Å²) in [5.41, 5.74) is 0.871. The van der Waals surface area contributed by atoms with E-state index in [9.17, 15) is 14.4 Å². The van der Waals surface area contributed by atoms with Crippen molar-refractivity contribution in [2.75, 3.05) is 26.2 Å². The van der Waals surface area contributed by atoms with Gasteiger partial charge in [-0.15, -0.1) is 0 Å². The van der Waals surface area contributed by atoms with E-state index < -0.39 is 0 Å². The van der Waals surface area contributed by atoms with E-state index in [0.29, 0.717) is 37.6 Å². The van der Waals surface area contributed by atoms with Crippen molar-refractivity contribution in [3.63, 3.8) is 0 Å². The van der Waals surface area contributed by atoms with Gasteiger partial charge in [-0.2, -0.15) is 0 Å². The van der Waals surface area contributed by atoms with E-state index in [-0.39, 0.29) is 36.1 Å². The third-order valence-electron chi connectivity index (χ3n) is 5.73. The molecule has 6 nitrogen and oxygen atoms in total. The van der Waals surface area contributed by atoms with E-state index in [1.807, 2.05) is 17.0 Å². The number of hydrogen-bond donors (Lipinski definition) is 1. The van der Waals surface area contributed by atoms with E-state index in [1.165, 1.54) is 0 Å². The lowest BCUT2D eigenvalue weighted by Gasteiger charge is -2.31. The molecule has 1 saturated carbocycles. The molecule has 3 rings (SSSR count). The fourth-order valence-electron chi connectivity index (χ4n) is 4.35. The van der Waals surface area contributed by atoms with Gasteiger partial charge in [-0.1, -0.05) is 30.2 Å². The van der Waals surface area contributed by atoms with Gasteiger partial charge in [0.05, 0.1) is 12.3 Å². The van der Waals surface area contributed by atoms with Crippen molar-refractivity contribution in [2.24, 2.45) is 5.92 Å². The molecular weight excluding hydrogens is 378 g/mol. The van der Waals surface area contributed by atoms with Crippen LogP contribution < -0.4 is 5.32 Å². The van der Waals surface area contributed by atoms with E-state index in [1.54, 1.807) is 24.0 Å². The molecule has 3 amide bonds. The maximum Gasteiger partial charge on any atom is 0.227 e. The van der Waals surface area contributed by atoms with Crippen molar-refractivity contribution in [3.05, 3.63) is 34.9 Å². The van der Waals surface area contributed by atoms with E-state index >= 15 is 0 Å². The highest BCUT2D eigenvalue weighted by molar-refractivity contribution is 6.30. The Hall–Kier alpha value is -2.08. The summed E-state index contributed by atoms with van der Waals surface area (Å²) in [5, 5.41) is 3.59. The smallest absolute Gasteiger partial charge is 0.227 e. The van der Waals surface area contributed by atoms with Gasteiger partial charge in [0, 0.05) is 44.2 Å². The first-order valence-corrected chi connectivity index (χ1v) is 10.4. The lowest BCUT2D eigenvalue weighted by Crippen LogP contribution is -2.46. The number of nitrogens with one attached hydrogen (secondary N) is 1. The average Bonchev–Trinajstić information content (AvgIpc) is 3.11. The summed E-state index contributed by atoms with van der Waals surface area (Å²) in [7, 11) is 0. The molecule has 0 bridgehead atoms. The van der Waals surface area contributed by atoms with Gasteiger partial charge in [-0.3, -0.25) is 14.4 Å². The van der Waals surface area contributed by atoms with Gasteiger partial charge in [0.1, 0.15) is 0 Å². The fraction of sp³-hybridized carbons (Fsp3) is 0.571. The van der Waals surface area contributed by atoms with Crippen molar-refractivity contribution in [2.45, 2.75) is 45.1 Å². The van der Waals surface area contributed by atoms with Gasteiger partial charge in [0.25, 0.3) is 0 Å². The number of benzene rings is 1. The van der Waals surface area contributed by atoms with Crippen LogP contribution in [-0.2, 0) is 20.8 Å². The number of carbonyl (C=O) groups excluding carboxylic acids is 3. The number of fused-ring (bicyclic) bond motifs is 1. The number of nitrogens with zero attached hydrogens (tertiary/aromatic N) is 2. The van der Waals surface area contributed by atoms with Gasteiger partial charge in [0.15, 0.2) is 0 Å². The Bertz CT molecular complexity index is 739. The third kappa shape index (κ3) is 5.04. The molecule has 7 heteroatoms. The lowest BCUT2D eigenvalue weighted by atomic mass is 10.0. The van der Waals surface area contributed by atoms with Gasteiger partial charge < -0.3 is 15.1 Å². The summed E-state index contributed by atoms with van der Waals surface area (Å²) in [6, 6.07) is 7.28. The maximum atomic E-state index is 12.8. The van der Waals surface area contributed by atoms with Crippen LogP contribution in [0.3, 0.4) is 0 Å². The molecule has 0 radical (unpaired) electrons. The minimum atomic E-state index is -0.141. The Morgan fingerprint density at radius 1 is 1.18 bits per heavy atom. The van der Waals surface area contributed by atoms with Gasteiger partial charge in [-0.05, 0) is 37.0 Å². The van der Waals surface area contributed by atoms with Crippen LogP contribution in [0.5, 0.6) is 0 Å². The minimum Gasteiger partial charge on any atom is -0.354 e. The largest absolute Gasteiger partial charge is 0.354 e. The van der Waals surface area contributed by atoms with Crippen LogP contribution in [0.25, 0.3) is 0 Å². The second-order valence-corrected chi connectivity index (χ2v) is 8.09. The molecule has 1 aliphatic carbocycles. The van der Waals surface area contributed by atoms with Crippen molar-refractivity contribution in [1.29, 1.82) is 0 Å². The van der Waals surface area contributed by atoms with Crippen molar-refractivity contribution in [3.8, 4) is 0 Å². The van der Waals surface area contributed by atoms with Crippen LogP contribution in [0.1, 0.15) is 38.2 Å². The molecule has 1 heterocycles. The van der Waals surface area contributed by atoms with Crippen LogP contribution in [0.15, 0.2) is 24.3 Å². The predicted octanol–water partition coefficient (Wildman–Crippen LogP) is 2.25. The summed E-state index contributed by atoms with van der Waals surface area (Å²) >= 11 is 6.02. The standard InChI is InChI=1S/C21H28ClN3O3/c1-15(26)25-11-4-10-24(20(27)14-16-5-2-6-17(22)13-16)12-9-23-21(28)18-7-3-8-19(18)25/h2,5-6,13,18-19H,3-4,7-12,14H2,1H3,(H,23,28). The highest BCUT2D eigenvalue weighted by Crippen LogP contribution is 2.30. The van der Waals surface area contributed by atoms with Crippen LogP contribution in [-0.4, -0.2) is 59.7 Å². The Labute approximate surface area is 171 Å². The number of halogens is 1. The van der Waals surface area contributed by atoms with Crippen LogP contribution >= 0.6 is 11.6 Å². The summed E-state index contributed by atoms with van der Waals surface area (Å²) in [6.07, 6.45) is 3.64. The zero-order valence-corrected chi connectivity index (χ0v) is 17.1. The molecule has 28 heavy (non-hydrogen) atoms. The number of carbonyl (C=O) groups is 3. The molecule has 1 aromatic rings. The monoisotopic (exact) mass is 405 g/mol. The first kappa shape index (κ1) is 20.6. The molecule has 2 atom stereocenters. The first-order chi connectivity index (χ1) is 13.5. The van der Waals surface area contributed by atoms with E-state index in [4.69, 9.17) is 11.6 Å². The highest BCUT2D eigenvalue weighted by Gasteiger charge is 2.38. The third-order valence-corrected chi connectivity index (χ3v) is 5.96. The Balaban J connectivity index is 1.69. The van der Waals surface area contributed by atoms with E-state index in [2.05, 4.69) is 5.32 Å². The predicted molar refractivity (Wildman–Crippen MR) is 108 cm³/mol. The summed E-state index contributed by atoms with van der Waals surface area (Å²) in [5.74, 6) is -0.137. The van der Waals surface area contributed by atoms with Crippen LogP contribution in [0.2, 0.25) is 5.02 Å². The van der Waals surface area contributed by atoms with Gasteiger partial charge >= 0.3 is 0 Å². The van der Waals surface area contributed by atoms with Gasteiger partial charge in [-0.25, -0.2) is 0 Å². The second kappa shape index (κ2) is 9.41. The lowest BCUT2D eigenvalue weighted by molar-refractivity contribution is -0.134. The molecule has 0 spiro atoms. The molecule has 2 aliphatic rings. The molecule has 1 N–H and O–H groups in total. The number of hydrogen-bond acceptors (Lipinski definition) is 3. The van der Waals surface area contributed by atoms with Crippen molar-refractivity contribution in [1.82, 2.24) is 15.1 Å². The summed E-state index contributed by atoms with van der Waals surface area (Å²) in [4.78, 5) is 41.2. The van der Waals surface area contributed by atoms with Gasteiger partial charge in [0.2, 0.25) is 17.7 Å². The van der Waals surface area contributed by atoms with Crippen LogP contribution in [0.4, 0.5) is 0 Å². The second-order valence-electron chi connectivity index (χ2n) is 7.65.